The quantitative estimate of drug-likeness (QED) is 0.249. The fourth-order valence-corrected chi connectivity index (χ4v) is 0. The Balaban J connectivity index is 0. The molecule has 0 aliphatic rings. The van der Waals surface area contributed by atoms with Gasteiger partial charge in [-0.15, -0.1) is 0 Å². The summed E-state index contributed by atoms with van der Waals surface area (Å²) < 4.78 is 0. The third-order valence-corrected chi connectivity index (χ3v) is 0. The molecule has 0 atom stereocenters. The van der Waals surface area contributed by atoms with Crippen molar-refractivity contribution in [3.63, 3.8) is 0 Å². The molecule has 0 heterocycles. The molecule has 0 aliphatic carbocycles. The van der Waals surface area contributed by atoms with Gasteiger partial charge in [0.1, 0.15) is 0 Å². The Morgan fingerprint density at radius 2 is 0.533 bits per heavy atom. The standard InChI is InChI=1S/Al.Ce.2Cr.2Eu.2Ga.2Gd.2In.2Mn.2Nd.2Pm.2Pr.2Sc.2Sm.2Tb.2Ti.2V. The van der Waals surface area contributed by atoms with Crippen molar-refractivity contribution in [2.45, 2.75) is 0 Å². The van der Waals surface area contributed by atoms with Gasteiger partial charge in [-0.2, -0.15) is 0 Å². The summed E-state index contributed by atoms with van der Waals surface area (Å²) in [4.78, 5) is 0. The first-order valence-corrected chi connectivity index (χ1v) is 0. The molecule has 0 aromatic carbocycles. The third-order valence-electron chi connectivity index (χ3n) is 0. The van der Waals surface area contributed by atoms with E-state index < -0.39 is 0 Å². The molecule has 29 radical (unpaired) electrons. The second kappa shape index (κ2) is 219. The largest absolute Gasteiger partial charge is 0 e. The summed E-state index contributed by atoms with van der Waals surface area (Å²) in [5, 5.41) is 0. The predicted molar refractivity (Wildman–Crippen MR) is 28.8 cm³/mol. The first-order chi connectivity index (χ1) is 0. The minimum atomic E-state index is 0. The molecule has 0 unspecified atom stereocenters. The zero-order valence-corrected chi connectivity index (χ0v) is 82.6. The van der Waals surface area contributed by atoms with E-state index in [-0.39, 0.29) is 933 Å². The summed E-state index contributed by atoms with van der Waals surface area (Å²) in [5.41, 5.74) is 0. The van der Waals surface area contributed by atoms with Crippen LogP contribution in [-0.4, -0.2) is 109 Å². The van der Waals surface area contributed by atoms with Crippen molar-refractivity contribution >= 4 is 109 Å². The van der Waals surface area contributed by atoms with Gasteiger partial charge in [-0.05, 0) is 0 Å². The smallest absolute Gasteiger partial charge is 0 e. The van der Waals surface area contributed by atoms with Crippen LogP contribution in [-0.2, 0) is 201 Å². The first-order valence-electron chi connectivity index (χ1n) is 0. The zero-order chi connectivity index (χ0) is 0. The molecule has 0 saturated carbocycles. The predicted octanol–water partition coefficient (Wildman–Crippen LogP) is -1.93. The van der Waals surface area contributed by atoms with Gasteiger partial charge in [-0.25, -0.2) is 0 Å². The Labute approximate surface area is 897 Å². The van der Waals surface area contributed by atoms with Crippen molar-refractivity contribution in [3.8, 4) is 0 Å². The van der Waals surface area contributed by atoms with Gasteiger partial charge in [0.25, 0.3) is 0 Å². The van der Waals surface area contributed by atoms with Crippen LogP contribution >= 0.6 is 0 Å². The molecule has 0 spiro atoms. The normalized spacial score (nSPS) is 0. The zero-order valence-electron chi connectivity index (χ0n) is 14.0. The number of hydrogen-bond donors (Lipinski definition) is 0. The Morgan fingerprint density at radius 1 is 0.533 bits per heavy atom. The van der Waals surface area contributed by atoms with E-state index in [0.29, 0.717) is 0 Å². The first kappa shape index (κ1) is 230. The summed E-state index contributed by atoms with van der Waals surface area (Å²) in [6.07, 6.45) is 0. The SMILES string of the molecule is [Al].[Ce].[Cr].[Cr].[Eu].[Eu].[Ga].[Ga].[Gd].[Gd].[In].[In].[Mn].[Mn].[Nd].[Nd].[Pm].[Pm].[Pr].[Pr].[Sc].[Sc].[Sm].[Sm].[Tb].[Tb].[Ti].[Ti].[V].[V]. The van der Waals surface area contributed by atoms with Gasteiger partial charge >= 0.3 is 0 Å². The Kier molecular flexibility index (Phi) is 1680. The monoisotopic (exact) mass is 3130 g/mol. The van der Waals surface area contributed by atoms with E-state index in [9.17, 15) is 0 Å². The van der Waals surface area contributed by atoms with Crippen LogP contribution in [0.15, 0.2) is 0 Å². The Morgan fingerprint density at radius 3 is 0.533 bits per heavy atom. The summed E-state index contributed by atoms with van der Waals surface area (Å²) in [7, 11) is 0. The number of hydrogen-bond acceptors (Lipinski definition) is 0. The van der Waals surface area contributed by atoms with Crippen molar-refractivity contribution in [3.05, 3.63) is 0 Å². The van der Waals surface area contributed by atoms with Crippen LogP contribution in [0.2, 0.25) is 0 Å². The molecule has 0 fully saturated rings. The molecule has 0 N–H and O–H groups in total. The molecule has 30 heteroatoms. The molecule has 0 saturated heterocycles. The van der Waals surface area contributed by atoms with E-state index in [4.69, 9.17) is 0 Å². The van der Waals surface area contributed by atoms with E-state index in [2.05, 4.69) is 0 Å². The minimum Gasteiger partial charge on any atom is 0 e. The molecular formula is AlCeCr2Eu2Ga2Gd2In2Mn2Nd2Pm2Pr2Sc2Sm2Tb2Ti2V2. The van der Waals surface area contributed by atoms with Crippen LogP contribution in [0, 0.1) is 623 Å². The van der Waals surface area contributed by atoms with Gasteiger partial charge < -0.3 is 0 Å². The van der Waals surface area contributed by atoms with E-state index in [1.54, 1.807) is 0 Å². The summed E-state index contributed by atoms with van der Waals surface area (Å²) in [5.74, 6) is 0. The minimum absolute atomic E-state index is 0. The van der Waals surface area contributed by atoms with Crippen LogP contribution in [0.25, 0.3) is 0 Å². The maximum atomic E-state index is 0. The van der Waals surface area contributed by atoms with Gasteiger partial charge in [0.15, 0.2) is 0 Å². The molecule has 153 valence electrons. The second-order valence-corrected chi connectivity index (χ2v) is 0. The van der Waals surface area contributed by atoms with Gasteiger partial charge in [-0.3, -0.25) is 0 Å². The Hall–Kier alpha value is 30.5. The van der Waals surface area contributed by atoms with Crippen LogP contribution in [0.4, 0.5) is 0 Å². The van der Waals surface area contributed by atoms with Crippen molar-refractivity contribution in [1.82, 2.24) is 0 Å². The average Bonchev–Trinajstić information content (AvgIpc) is 0. The van der Waals surface area contributed by atoms with Crippen LogP contribution in [0.1, 0.15) is 0 Å². The molecule has 30 heavy (non-hydrogen) atoms. The van der Waals surface area contributed by atoms with Crippen molar-refractivity contribution in [1.29, 1.82) is 0 Å². The maximum Gasteiger partial charge on any atom is 0 e. The maximum absolute atomic E-state index is 0. The Bertz CT molecular complexity index is 119. The molecule has 0 rings (SSSR count). The fraction of sp³-hybridized carbons (Fsp3) is 0. The van der Waals surface area contributed by atoms with E-state index in [1.807, 2.05) is 0 Å². The van der Waals surface area contributed by atoms with E-state index in [0.717, 1.165) is 0 Å². The summed E-state index contributed by atoms with van der Waals surface area (Å²) in [6.45, 7) is 0. The van der Waals surface area contributed by atoms with Gasteiger partial charge in [-0.1, -0.05) is 0 Å². The average molecular weight is 3130 g/mol. The molecule has 0 bridgehead atoms. The number of rotatable bonds is 0. The molecule has 0 aliphatic heterocycles. The van der Waals surface area contributed by atoms with Crippen LogP contribution in [0.5, 0.6) is 0 Å². The molecule has 0 amide bonds. The van der Waals surface area contributed by atoms with Crippen molar-refractivity contribution < 1.29 is 825 Å². The molecular weight excluding hydrogens is 3130 g/mol. The van der Waals surface area contributed by atoms with E-state index >= 15 is 0 Å². The van der Waals surface area contributed by atoms with Gasteiger partial charge in [0, 0.05) is 933 Å². The molecule has 0 aromatic rings. The van der Waals surface area contributed by atoms with Crippen molar-refractivity contribution in [2.24, 2.45) is 0 Å². The van der Waals surface area contributed by atoms with Gasteiger partial charge in [0.05, 0.1) is 0 Å². The third kappa shape index (κ3) is 208. The fourth-order valence-electron chi connectivity index (χ4n) is 0. The molecule has 0 nitrogen and oxygen atoms in total. The van der Waals surface area contributed by atoms with E-state index in [1.165, 1.54) is 0 Å². The molecule has 0 aromatic heterocycles. The topological polar surface area (TPSA) is 0 Å². The second-order valence-electron chi connectivity index (χ2n) is 0. The van der Waals surface area contributed by atoms with Gasteiger partial charge in [0.2, 0.25) is 0 Å². The summed E-state index contributed by atoms with van der Waals surface area (Å²) in [6, 6.07) is 0. The summed E-state index contributed by atoms with van der Waals surface area (Å²) >= 11 is 0. The van der Waals surface area contributed by atoms with Crippen LogP contribution < -0.4 is 0 Å². The van der Waals surface area contributed by atoms with Crippen molar-refractivity contribution in [2.75, 3.05) is 0 Å². The van der Waals surface area contributed by atoms with Crippen LogP contribution in [0.3, 0.4) is 0 Å².